The second-order valence-electron chi connectivity index (χ2n) is 5.82. The summed E-state index contributed by atoms with van der Waals surface area (Å²) in [5.74, 6) is -38.4. The van der Waals surface area contributed by atoms with Gasteiger partial charge in [0.05, 0.1) is 0 Å². The van der Waals surface area contributed by atoms with Crippen molar-refractivity contribution in [3.8, 4) is 0 Å². The van der Waals surface area contributed by atoms with E-state index in [1.807, 2.05) is 0 Å². The fraction of sp³-hybridized carbons (Fsp3) is 1.00. The molecule has 0 aliphatic heterocycles. The van der Waals surface area contributed by atoms with Crippen molar-refractivity contribution in [3.63, 3.8) is 0 Å². The molecule has 0 spiro atoms. The van der Waals surface area contributed by atoms with Crippen LogP contribution < -0.4 is 0 Å². The van der Waals surface area contributed by atoms with Crippen molar-refractivity contribution in [2.75, 3.05) is 0 Å². The van der Waals surface area contributed by atoms with Gasteiger partial charge in [0.25, 0.3) is 0 Å². The summed E-state index contributed by atoms with van der Waals surface area (Å²) < 4.78 is 222. The normalized spacial score (nSPS) is 16.1. The van der Waals surface area contributed by atoms with E-state index in [0.29, 0.717) is 0 Å². The highest BCUT2D eigenvalue weighted by atomic mass is 32.2. The SMILES string of the molecule is O=S(=O)(O)C(F)(F)C(F)(F)C(F)(F)C(F)(F)C(F)(F)C(F)(F)CCCCC(F)(F)F. The molecule has 0 atom stereocenters. The summed E-state index contributed by atoms with van der Waals surface area (Å²) in [6.07, 6.45) is -12.7. The van der Waals surface area contributed by atoms with E-state index in [4.69, 9.17) is 4.55 Å². The van der Waals surface area contributed by atoms with Gasteiger partial charge < -0.3 is 0 Å². The van der Waals surface area contributed by atoms with E-state index < -0.39 is 76.8 Å². The second kappa shape index (κ2) is 7.77. The van der Waals surface area contributed by atoms with Gasteiger partial charge in [-0.3, -0.25) is 4.55 Å². The maximum absolute atomic E-state index is 13.4. The topological polar surface area (TPSA) is 54.4 Å². The molecule has 30 heavy (non-hydrogen) atoms. The van der Waals surface area contributed by atoms with Crippen molar-refractivity contribution in [1.82, 2.24) is 0 Å². The number of alkyl halides is 15. The minimum absolute atomic E-state index is 1.41. The molecular weight excluding hydrogens is 497 g/mol. The van der Waals surface area contributed by atoms with E-state index in [9.17, 15) is 74.3 Å². The van der Waals surface area contributed by atoms with Crippen LogP contribution in [0.15, 0.2) is 0 Å². The first-order valence-corrected chi connectivity index (χ1v) is 8.45. The molecular formula is C11H9F15O3S. The van der Waals surface area contributed by atoms with Crippen LogP contribution in [-0.2, 0) is 10.1 Å². The molecule has 1 N–H and O–H groups in total. The lowest BCUT2D eigenvalue weighted by molar-refractivity contribution is -0.417. The lowest BCUT2D eigenvalue weighted by Crippen LogP contribution is -2.71. The third kappa shape index (κ3) is 4.69. The van der Waals surface area contributed by atoms with Gasteiger partial charge in [-0.1, -0.05) is 0 Å². The zero-order valence-corrected chi connectivity index (χ0v) is 14.5. The molecule has 0 unspecified atom stereocenters. The van der Waals surface area contributed by atoms with E-state index in [1.54, 1.807) is 0 Å². The third-order valence-electron chi connectivity index (χ3n) is 3.53. The Balaban J connectivity index is 6.05. The minimum Gasteiger partial charge on any atom is -0.281 e. The second-order valence-corrected chi connectivity index (χ2v) is 7.28. The van der Waals surface area contributed by atoms with Gasteiger partial charge in [-0.15, -0.1) is 0 Å². The van der Waals surface area contributed by atoms with Crippen molar-refractivity contribution in [3.05, 3.63) is 0 Å². The largest absolute Gasteiger partial charge is 0.438 e. The highest BCUT2D eigenvalue weighted by Gasteiger charge is 2.91. The van der Waals surface area contributed by atoms with Crippen molar-refractivity contribution >= 4 is 10.1 Å². The van der Waals surface area contributed by atoms with Crippen LogP contribution in [0.5, 0.6) is 0 Å². The van der Waals surface area contributed by atoms with E-state index in [2.05, 4.69) is 0 Å². The van der Waals surface area contributed by atoms with Crippen LogP contribution in [0.2, 0.25) is 0 Å². The van der Waals surface area contributed by atoms with Crippen LogP contribution in [0.4, 0.5) is 65.9 Å². The molecule has 0 saturated carbocycles. The summed E-state index contributed by atoms with van der Waals surface area (Å²) >= 11 is 0. The molecule has 0 radical (unpaired) electrons. The zero-order chi connectivity index (χ0) is 24.8. The van der Waals surface area contributed by atoms with Crippen LogP contribution in [0.3, 0.4) is 0 Å². The minimum atomic E-state index is -8.21. The zero-order valence-electron chi connectivity index (χ0n) is 13.7. The lowest BCUT2D eigenvalue weighted by atomic mass is 9.92. The Morgan fingerprint density at radius 2 is 0.867 bits per heavy atom. The summed E-state index contributed by atoms with van der Waals surface area (Å²) in [6.45, 7) is 0. The summed E-state index contributed by atoms with van der Waals surface area (Å²) in [5, 5.41) is -7.54. The molecule has 0 aliphatic carbocycles. The lowest BCUT2D eigenvalue weighted by Gasteiger charge is -2.40. The van der Waals surface area contributed by atoms with Crippen molar-refractivity contribution < 1.29 is 78.8 Å². The smallest absolute Gasteiger partial charge is 0.281 e. The first kappa shape index (κ1) is 28.9. The summed E-state index contributed by atoms with van der Waals surface area (Å²) in [4.78, 5) is 0. The molecule has 0 bridgehead atoms. The molecule has 0 rings (SSSR count). The Hall–Kier alpha value is -1.14. The number of rotatable bonds is 10. The molecule has 0 aliphatic rings. The highest BCUT2D eigenvalue weighted by Crippen LogP contribution is 2.61. The first-order chi connectivity index (χ1) is 12.7. The van der Waals surface area contributed by atoms with Crippen LogP contribution >= 0.6 is 0 Å². The van der Waals surface area contributed by atoms with Crippen molar-refractivity contribution in [2.45, 2.75) is 66.7 Å². The van der Waals surface area contributed by atoms with Gasteiger partial charge >= 0.3 is 51.2 Å². The Bertz CT molecular complexity index is 710. The quantitative estimate of drug-likeness (QED) is 0.233. The maximum Gasteiger partial charge on any atom is 0.438 e. The van der Waals surface area contributed by atoms with Crippen LogP contribution in [0, 0.1) is 0 Å². The van der Waals surface area contributed by atoms with E-state index in [-0.39, 0.29) is 0 Å². The molecule has 3 nitrogen and oxygen atoms in total. The van der Waals surface area contributed by atoms with Crippen LogP contribution in [0.1, 0.15) is 25.7 Å². The molecule has 0 amide bonds. The predicted octanol–water partition coefficient (Wildman–Crippen LogP) is 5.77. The van der Waals surface area contributed by atoms with E-state index in [1.165, 1.54) is 0 Å². The first-order valence-electron chi connectivity index (χ1n) is 7.01. The average molecular weight is 506 g/mol. The molecule has 0 aromatic rings. The summed E-state index contributed by atoms with van der Waals surface area (Å²) in [7, 11) is -7.65. The highest BCUT2D eigenvalue weighted by molar-refractivity contribution is 7.87. The van der Waals surface area contributed by atoms with E-state index >= 15 is 0 Å². The van der Waals surface area contributed by atoms with Gasteiger partial charge in [0.15, 0.2) is 0 Å². The molecule has 182 valence electrons. The van der Waals surface area contributed by atoms with Crippen LogP contribution in [0.25, 0.3) is 0 Å². The van der Waals surface area contributed by atoms with Crippen molar-refractivity contribution in [1.29, 1.82) is 0 Å². The predicted molar refractivity (Wildman–Crippen MR) is 65.8 cm³/mol. The summed E-state index contributed by atoms with van der Waals surface area (Å²) in [5.41, 5.74) is 0. The molecule has 0 aromatic heterocycles. The van der Waals surface area contributed by atoms with Crippen molar-refractivity contribution in [2.24, 2.45) is 0 Å². The standard InChI is InChI=1S/C11H9F15O3S/c12-5(13,3-1-2-4-6(14,15)16)7(17,18)8(19,20)9(21,22)10(23,24)11(25,26)30(27,28)29/h1-4H2,(H,27,28,29). The van der Waals surface area contributed by atoms with Gasteiger partial charge in [-0.25, -0.2) is 0 Å². The number of hydrogen-bond donors (Lipinski definition) is 1. The van der Waals surface area contributed by atoms with Gasteiger partial charge in [0.2, 0.25) is 0 Å². The molecule has 0 heterocycles. The van der Waals surface area contributed by atoms with Crippen LogP contribution in [-0.4, -0.2) is 54.0 Å². The number of unbranched alkanes of at least 4 members (excludes halogenated alkanes) is 1. The number of hydrogen-bond acceptors (Lipinski definition) is 2. The molecule has 0 fully saturated rings. The maximum atomic E-state index is 13.4. The Morgan fingerprint density at radius 3 is 1.20 bits per heavy atom. The van der Waals surface area contributed by atoms with E-state index in [0.717, 1.165) is 0 Å². The summed E-state index contributed by atoms with van der Waals surface area (Å²) in [6, 6.07) is 0. The van der Waals surface area contributed by atoms with Gasteiger partial charge in [-0.05, 0) is 12.8 Å². The molecule has 19 heteroatoms. The van der Waals surface area contributed by atoms with Gasteiger partial charge in [0, 0.05) is 12.8 Å². The number of halogens is 15. The molecule has 0 aromatic carbocycles. The fourth-order valence-corrected chi connectivity index (χ4v) is 2.25. The Kier molecular flexibility index (Phi) is 7.48. The Labute approximate surface area is 157 Å². The monoisotopic (exact) mass is 506 g/mol. The average Bonchev–Trinajstić information content (AvgIpc) is 2.48. The third-order valence-corrected chi connectivity index (χ3v) is 4.44. The molecule has 0 saturated heterocycles. The fourth-order valence-electron chi connectivity index (χ4n) is 1.80. The van der Waals surface area contributed by atoms with Gasteiger partial charge in [0.1, 0.15) is 0 Å². The Morgan fingerprint density at radius 1 is 0.533 bits per heavy atom. The van der Waals surface area contributed by atoms with Gasteiger partial charge in [-0.2, -0.15) is 74.3 Å².